The molecule has 1 saturated heterocycles. The zero-order chi connectivity index (χ0) is 12.6. The maximum Gasteiger partial charge on any atom is 0.0774 e. The predicted octanol–water partition coefficient (Wildman–Crippen LogP) is 1.75. The first-order valence-electron chi connectivity index (χ1n) is 7.85. The van der Waals surface area contributed by atoms with Crippen LogP contribution in [0.3, 0.4) is 0 Å². The number of rotatable bonds is 5. The number of hydrogen-bond acceptors (Lipinski definition) is 3. The summed E-state index contributed by atoms with van der Waals surface area (Å²) in [6.07, 6.45) is 8.81. The molecular formula is C15H28N2O. The molecule has 0 radical (unpaired) electrons. The Labute approximate surface area is 111 Å². The van der Waals surface area contributed by atoms with Crippen LogP contribution in [0.4, 0.5) is 0 Å². The minimum atomic E-state index is -0.451. The Kier molecular flexibility index (Phi) is 3.65. The summed E-state index contributed by atoms with van der Waals surface area (Å²) in [7, 11) is 0. The van der Waals surface area contributed by atoms with Gasteiger partial charge in [0.05, 0.1) is 5.60 Å². The van der Waals surface area contributed by atoms with Crippen molar-refractivity contribution in [1.82, 2.24) is 10.2 Å². The molecule has 3 nitrogen and oxygen atoms in total. The first-order valence-corrected chi connectivity index (χ1v) is 7.85. The van der Waals surface area contributed by atoms with Crippen molar-refractivity contribution in [1.29, 1.82) is 0 Å². The van der Waals surface area contributed by atoms with Crippen molar-refractivity contribution in [2.75, 3.05) is 19.6 Å². The normalized spacial score (nSPS) is 40.8. The Morgan fingerprint density at radius 1 is 1.17 bits per heavy atom. The van der Waals surface area contributed by atoms with E-state index in [1.54, 1.807) is 0 Å². The van der Waals surface area contributed by atoms with Gasteiger partial charge in [-0.25, -0.2) is 0 Å². The summed E-state index contributed by atoms with van der Waals surface area (Å²) in [5.74, 6) is 0.919. The summed E-state index contributed by atoms with van der Waals surface area (Å²) < 4.78 is 0. The largest absolute Gasteiger partial charge is 0.389 e. The molecule has 3 heteroatoms. The average Bonchev–Trinajstić information content (AvgIpc) is 2.84. The lowest BCUT2D eigenvalue weighted by Crippen LogP contribution is -2.51. The molecule has 18 heavy (non-hydrogen) atoms. The molecule has 0 aromatic carbocycles. The second-order valence-electron chi connectivity index (χ2n) is 6.96. The molecule has 3 unspecified atom stereocenters. The number of hydrogen-bond donors (Lipinski definition) is 2. The minimum Gasteiger partial charge on any atom is -0.389 e. The molecule has 1 aliphatic heterocycles. The fourth-order valence-corrected chi connectivity index (χ4v) is 3.86. The summed E-state index contributed by atoms with van der Waals surface area (Å²) in [6, 6.07) is 1.07. The van der Waals surface area contributed by atoms with Crippen LogP contribution in [0.5, 0.6) is 0 Å². The van der Waals surface area contributed by atoms with Crippen molar-refractivity contribution >= 4 is 0 Å². The minimum absolute atomic E-state index is 0.403. The van der Waals surface area contributed by atoms with Crippen LogP contribution in [-0.2, 0) is 0 Å². The molecule has 3 atom stereocenters. The zero-order valence-corrected chi connectivity index (χ0v) is 11.7. The SMILES string of the molecule is CC1(O)CCCC1N(CC1CC1)CC1CCCN1. The van der Waals surface area contributed by atoms with Crippen molar-refractivity contribution in [3.63, 3.8) is 0 Å². The van der Waals surface area contributed by atoms with Crippen molar-refractivity contribution < 1.29 is 5.11 Å². The highest BCUT2D eigenvalue weighted by molar-refractivity contribution is 4.98. The Morgan fingerprint density at radius 2 is 2.00 bits per heavy atom. The van der Waals surface area contributed by atoms with Gasteiger partial charge in [-0.05, 0) is 64.3 Å². The maximum atomic E-state index is 10.6. The van der Waals surface area contributed by atoms with Gasteiger partial charge < -0.3 is 10.4 Å². The quantitative estimate of drug-likeness (QED) is 0.782. The standard InChI is InChI=1S/C15H28N2O/c1-15(18)8-2-5-14(15)17(10-12-6-7-12)11-13-4-3-9-16-13/h12-14,16,18H,2-11H2,1H3. The van der Waals surface area contributed by atoms with Gasteiger partial charge in [0.1, 0.15) is 0 Å². The highest BCUT2D eigenvalue weighted by atomic mass is 16.3. The van der Waals surface area contributed by atoms with Crippen molar-refractivity contribution in [2.24, 2.45) is 5.92 Å². The Hall–Kier alpha value is -0.120. The Bertz CT molecular complexity index is 282. The monoisotopic (exact) mass is 252 g/mol. The second-order valence-corrected chi connectivity index (χ2v) is 6.96. The molecule has 3 aliphatic rings. The molecule has 0 spiro atoms. The average molecular weight is 252 g/mol. The third kappa shape index (κ3) is 2.89. The molecule has 0 bridgehead atoms. The van der Waals surface area contributed by atoms with Crippen LogP contribution >= 0.6 is 0 Å². The molecule has 1 heterocycles. The summed E-state index contributed by atoms with van der Waals surface area (Å²) in [5.41, 5.74) is -0.451. The third-order valence-corrected chi connectivity index (χ3v) is 5.13. The first-order chi connectivity index (χ1) is 8.65. The van der Waals surface area contributed by atoms with Crippen molar-refractivity contribution in [2.45, 2.75) is 69.6 Å². The molecule has 3 fully saturated rings. The summed E-state index contributed by atoms with van der Waals surface area (Å²) in [5, 5.41) is 14.2. The van der Waals surface area contributed by atoms with E-state index >= 15 is 0 Å². The maximum absolute atomic E-state index is 10.6. The van der Waals surface area contributed by atoms with Gasteiger partial charge >= 0.3 is 0 Å². The Morgan fingerprint density at radius 3 is 2.56 bits per heavy atom. The fraction of sp³-hybridized carbons (Fsp3) is 1.00. The first kappa shape index (κ1) is 12.9. The van der Waals surface area contributed by atoms with Crippen LogP contribution < -0.4 is 5.32 Å². The van der Waals surface area contributed by atoms with Gasteiger partial charge in [-0.15, -0.1) is 0 Å². The van der Waals surface area contributed by atoms with Gasteiger partial charge in [-0.3, -0.25) is 4.90 Å². The topological polar surface area (TPSA) is 35.5 Å². The second kappa shape index (κ2) is 5.10. The predicted molar refractivity (Wildman–Crippen MR) is 73.6 cm³/mol. The van der Waals surface area contributed by atoms with Crippen molar-refractivity contribution in [3.05, 3.63) is 0 Å². The highest BCUT2D eigenvalue weighted by Crippen LogP contribution is 2.37. The van der Waals surface area contributed by atoms with Gasteiger partial charge in [-0.2, -0.15) is 0 Å². The number of nitrogens with one attached hydrogen (secondary N) is 1. The fourth-order valence-electron chi connectivity index (χ4n) is 3.86. The molecule has 0 aromatic heterocycles. The molecule has 0 aromatic rings. The van der Waals surface area contributed by atoms with Crippen LogP contribution in [-0.4, -0.2) is 47.3 Å². The van der Waals surface area contributed by atoms with E-state index < -0.39 is 5.60 Å². The highest BCUT2D eigenvalue weighted by Gasteiger charge is 2.42. The molecule has 2 saturated carbocycles. The van der Waals surface area contributed by atoms with Gasteiger partial charge in [0, 0.05) is 25.2 Å². The van der Waals surface area contributed by atoms with Crippen LogP contribution in [0.15, 0.2) is 0 Å². The Balaban J connectivity index is 1.63. The van der Waals surface area contributed by atoms with Crippen LogP contribution in [0, 0.1) is 5.92 Å². The molecule has 3 rings (SSSR count). The third-order valence-electron chi connectivity index (χ3n) is 5.13. The van der Waals surface area contributed by atoms with Gasteiger partial charge in [-0.1, -0.05) is 0 Å². The lowest BCUT2D eigenvalue weighted by Gasteiger charge is -2.38. The van der Waals surface area contributed by atoms with Crippen LogP contribution in [0.1, 0.15) is 51.9 Å². The number of nitrogens with zero attached hydrogens (tertiary/aromatic N) is 1. The van der Waals surface area contributed by atoms with E-state index in [2.05, 4.69) is 10.2 Å². The zero-order valence-electron chi connectivity index (χ0n) is 11.7. The lowest BCUT2D eigenvalue weighted by molar-refractivity contribution is -0.0171. The molecule has 0 amide bonds. The smallest absolute Gasteiger partial charge is 0.0774 e. The number of aliphatic hydroxyl groups is 1. The molecular weight excluding hydrogens is 224 g/mol. The van der Waals surface area contributed by atoms with Gasteiger partial charge in [0.15, 0.2) is 0 Å². The van der Waals surface area contributed by atoms with E-state index in [1.807, 2.05) is 6.92 Å². The molecule has 2 aliphatic carbocycles. The van der Waals surface area contributed by atoms with Crippen LogP contribution in [0.2, 0.25) is 0 Å². The van der Waals surface area contributed by atoms with Gasteiger partial charge in [0.25, 0.3) is 0 Å². The van der Waals surface area contributed by atoms with E-state index in [4.69, 9.17) is 0 Å². The molecule has 104 valence electrons. The summed E-state index contributed by atoms with van der Waals surface area (Å²) in [4.78, 5) is 2.62. The van der Waals surface area contributed by atoms with Crippen LogP contribution in [0.25, 0.3) is 0 Å². The molecule has 2 N–H and O–H groups in total. The van der Waals surface area contributed by atoms with Gasteiger partial charge in [0.2, 0.25) is 0 Å². The van der Waals surface area contributed by atoms with E-state index in [0.717, 1.165) is 18.9 Å². The summed E-state index contributed by atoms with van der Waals surface area (Å²) in [6.45, 7) is 5.60. The van der Waals surface area contributed by atoms with E-state index in [9.17, 15) is 5.11 Å². The van der Waals surface area contributed by atoms with E-state index in [1.165, 1.54) is 51.6 Å². The summed E-state index contributed by atoms with van der Waals surface area (Å²) >= 11 is 0. The van der Waals surface area contributed by atoms with E-state index in [0.29, 0.717) is 12.1 Å². The van der Waals surface area contributed by atoms with E-state index in [-0.39, 0.29) is 0 Å². The lowest BCUT2D eigenvalue weighted by atomic mass is 9.98. The van der Waals surface area contributed by atoms with Crippen molar-refractivity contribution in [3.8, 4) is 0 Å².